The van der Waals surface area contributed by atoms with Crippen LogP contribution in [0, 0.1) is 5.92 Å². The van der Waals surface area contributed by atoms with E-state index in [2.05, 4.69) is 5.32 Å². The minimum atomic E-state index is -0.424. The Balaban J connectivity index is 1.86. The van der Waals surface area contributed by atoms with Gasteiger partial charge in [-0.2, -0.15) is 0 Å². The van der Waals surface area contributed by atoms with Crippen molar-refractivity contribution in [2.45, 2.75) is 64.1 Å². The van der Waals surface area contributed by atoms with Gasteiger partial charge in [0.15, 0.2) is 0 Å². The molecule has 1 saturated heterocycles. The molecule has 1 amide bonds. The summed E-state index contributed by atoms with van der Waals surface area (Å²) in [6.45, 7) is 7.65. The lowest BCUT2D eigenvalue weighted by Gasteiger charge is -2.31. The fourth-order valence-electron chi connectivity index (χ4n) is 3.33. The van der Waals surface area contributed by atoms with E-state index in [0.717, 1.165) is 38.8 Å². The summed E-state index contributed by atoms with van der Waals surface area (Å²) in [6.07, 6.45) is 3.86. The van der Waals surface area contributed by atoms with Crippen molar-refractivity contribution in [2.75, 3.05) is 19.7 Å². The van der Waals surface area contributed by atoms with Crippen LogP contribution in [-0.4, -0.2) is 53.5 Å². The first kappa shape index (κ1) is 15.6. The molecule has 5 nitrogen and oxygen atoms in total. The second-order valence-electron chi connectivity index (χ2n) is 7.09. The van der Waals surface area contributed by atoms with Crippen LogP contribution in [0.5, 0.6) is 0 Å². The fraction of sp³-hybridized carbons (Fsp3) is 0.933. The van der Waals surface area contributed by atoms with E-state index in [0.29, 0.717) is 18.0 Å². The van der Waals surface area contributed by atoms with Gasteiger partial charge in [-0.1, -0.05) is 0 Å². The van der Waals surface area contributed by atoms with Crippen LogP contribution in [0.15, 0.2) is 0 Å². The van der Waals surface area contributed by atoms with Crippen LogP contribution >= 0.6 is 0 Å². The molecule has 0 aromatic rings. The molecule has 3 atom stereocenters. The summed E-state index contributed by atoms with van der Waals surface area (Å²) >= 11 is 0. The molecule has 20 heavy (non-hydrogen) atoms. The molecular weight excluding hydrogens is 256 g/mol. The van der Waals surface area contributed by atoms with Crippen molar-refractivity contribution in [3.8, 4) is 0 Å². The second kappa shape index (κ2) is 6.31. The predicted molar refractivity (Wildman–Crippen MR) is 77.6 cm³/mol. The minimum absolute atomic E-state index is 0.166. The molecular formula is C15H28N2O3. The minimum Gasteiger partial charge on any atom is -0.444 e. The third-order valence-electron chi connectivity index (χ3n) is 4.07. The van der Waals surface area contributed by atoms with Gasteiger partial charge in [0.05, 0.1) is 0 Å². The molecule has 0 unspecified atom stereocenters. The molecule has 116 valence electrons. The molecule has 1 aliphatic carbocycles. The van der Waals surface area contributed by atoms with Gasteiger partial charge in [-0.3, -0.25) is 0 Å². The number of aliphatic hydroxyl groups excluding tert-OH is 1. The molecule has 0 spiro atoms. The summed E-state index contributed by atoms with van der Waals surface area (Å²) in [6, 6.07) is 0.785. The van der Waals surface area contributed by atoms with E-state index in [1.54, 1.807) is 0 Å². The van der Waals surface area contributed by atoms with E-state index in [1.165, 1.54) is 0 Å². The van der Waals surface area contributed by atoms with Gasteiger partial charge in [0.2, 0.25) is 0 Å². The van der Waals surface area contributed by atoms with Crippen molar-refractivity contribution in [2.24, 2.45) is 5.92 Å². The van der Waals surface area contributed by atoms with Gasteiger partial charge in [-0.25, -0.2) is 4.79 Å². The van der Waals surface area contributed by atoms with Crippen LogP contribution in [0.1, 0.15) is 46.5 Å². The average Bonchev–Trinajstić information content (AvgIpc) is 2.63. The normalized spacial score (nSPS) is 29.6. The van der Waals surface area contributed by atoms with Gasteiger partial charge in [0.1, 0.15) is 5.60 Å². The summed E-state index contributed by atoms with van der Waals surface area (Å²) in [5.41, 5.74) is -0.424. The molecule has 2 fully saturated rings. The highest BCUT2D eigenvalue weighted by molar-refractivity contribution is 5.69. The SMILES string of the molecule is CC(C)(C)OC(=O)N1C[C@H]2C[C@@H](NCCCO)C[C@H]1C2. The van der Waals surface area contributed by atoms with Gasteiger partial charge in [0.25, 0.3) is 0 Å². The van der Waals surface area contributed by atoms with Crippen LogP contribution in [0.3, 0.4) is 0 Å². The van der Waals surface area contributed by atoms with Crippen LogP contribution in [-0.2, 0) is 4.74 Å². The first-order valence-electron chi connectivity index (χ1n) is 7.73. The van der Waals surface area contributed by atoms with E-state index < -0.39 is 5.60 Å². The number of carbonyl (C=O) groups excluding carboxylic acids is 1. The maximum atomic E-state index is 12.2. The monoisotopic (exact) mass is 284 g/mol. The number of carbonyl (C=O) groups is 1. The number of hydrogen-bond donors (Lipinski definition) is 2. The Morgan fingerprint density at radius 3 is 2.75 bits per heavy atom. The Kier molecular flexibility index (Phi) is 4.91. The first-order valence-corrected chi connectivity index (χ1v) is 7.73. The van der Waals surface area contributed by atoms with Gasteiger partial charge < -0.3 is 20.1 Å². The van der Waals surface area contributed by atoms with Crippen LogP contribution in [0.25, 0.3) is 0 Å². The van der Waals surface area contributed by atoms with E-state index in [9.17, 15) is 4.79 Å². The molecule has 2 aliphatic rings. The van der Waals surface area contributed by atoms with E-state index >= 15 is 0 Å². The Morgan fingerprint density at radius 2 is 2.10 bits per heavy atom. The summed E-state index contributed by atoms with van der Waals surface area (Å²) < 4.78 is 5.50. The van der Waals surface area contributed by atoms with Crippen molar-refractivity contribution >= 4 is 6.09 Å². The quantitative estimate of drug-likeness (QED) is 0.772. The zero-order chi connectivity index (χ0) is 14.8. The molecule has 1 heterocycles. The van der Waals surface area contributed by atoms with Crippen LogP contribution in [0.2, 0.25) is 0 Å². The summed E-state index contributed by atoms with van der Waals surface area (Å²) in [5.74, 6) is 0.591. The molecule has 2 bridgehead atoms. The zero-order valence-electron chi connectivity index (χ0n) is 12.9. The lowest BCUT2D eigenvalue weighted by Crippen LogP contribution is -2.43. The number of nitrogens with one attached hydrogen (secondary N) is 1. The maximum absolute atomic E-state index is 12.2. The molecule has 0 radical (unpaired) electrons. The van der Waals surface area contributed by atoms with Gasteiger partial charge in [-0.15, -0.1) is 0 Å². The highest BCUT2D eigenvalue weighted by Crippen LogP contribution is 2.36. The average molecular weight is 284 g/mol. The van der Waals surface area contributed by atoms with E-state index in [-0.39, 0.29) is 12.7 Å². The highest BCUT2D eigenvalue weighted by atomic mass is 16.6. The van der Waals surface area contributed by atoms with Crippen molar-refractivity contribution in [1.82, 2.24) is 10.2 Å². The first-order chi connectivity index (χ1) is 9.39. The smallest absolute Gasteiger partial charge is 0.410 e. The standard InChI is InChI=1S/C15H28N2O3/c1-15(2,3)20-14(19)17-10-11-7-12(9-13(17)8-11)16-5-4-6-18/h11-13,16,18H,4-10H2,1-3H3/t11-,12+,13+/m0/s1. The van der Waals surface area contributed by atoms with Crippen molar-refractivity contribution in [3.63, 3.8) is 0 Å². The topological polar surface area (TPSA) is 61.8 Å². The van der Waals surface area contributed by atoms with Crippen LogP contribution < -0.4 is 5.32 Å². The van der Waals surface area contributed by atoms with Crippen molar-refractivity contribution in [3.05, 3.63) is 0 Å². The summed E-state index contributed by atoms with van der Waals surface area (Å²) in [4.78, 5) is 14.1. The summed E-state index contributed by atoms with van der Waals surface area (Å²) in [7, 11) is 0. The number of amides is 1. The Labute approximate surface area is 121 Å². The lowest BCUT2D eigenvalue weighted by molar-refractivity contribution is 0.0219. The Hall–Kier alpha value is -0.810. The molecule has 0 aromatic carbocycles. The summed E-state index contributed by atoms with van der Waals surface area (Å²) in [5, 5.41) is 12.3. The number of nitrogens with zero attached hydrogens (tertiary/aromatic N) is 1. The molecule has 2 rings (SSSR count). The van der Waals surface area contributed by atoms with Gasteiger partial charge >= 0.3 is 6.09 Å². The Morgan fingerprint density at radius 1 is 1.35 bits per heavy atom. The van der Waals surface area contributed by atoms with Crippen molar-refractivity contribution < 1.29 is 14.6 Å². The largest absolute Gasteiger partial charge is 0.444 e. The Bertz CT molecular complexity index is 341. The lowest BCUT2D eigenvalue weighted by atomic mass is 9.86. The second-order valence-corrected chi connectivity index (χ2v) is 7.09. The number of fused-ring (bicyclic) bond motifs is 2. The molecule has 1 aliphatic heterocycles. The molecule has 5 heteroatoms. The predicted octanol–water partition coefficient (Wildman–Crippen LogP) is 1.75. The van der Waals surface area contributed by atoms with Crippen molar-refractivity contribution in [1.29, 1.82) is 0 Å². The molecule has 0 aromatic heterocycles. The maximum Gasteiger partial charge on any atom is 0.410 e. The highest BCUT2D eigenvalue weighted by Gasteiger charge is 2.42. The van der Waals surface area contributed by atoms with E-state index in [1.807, 2.05) is 25.7 Å². The van der Waals surface area contributed by atoms with Crippen LogP contribution in [0.4, 0.5) is 4.79 Å². The number of likely N-dealkylation sites (tertiary alicyclic amines) is 1. The van der Waals surface area contributed by atoms with Gasteiger partial charge in [0, 0.05) is 25.2 Å². The third-order valence-corrected chi connectivity index (χ3v) is 4.07. The van der Waals surface area contributed by atoms with E-state index in [4.69, 9.17) is 9.84 Å². The molecule has 1 saturated carbocycles. The van der Waals surface area contributed by atoms with Gasteiger partial charge in [-0.05, 0) is 58.9 Å². The number of rotatable bonds is 4. The zero-order valence-corrected chi connectivity index (χ0v) is 12.9. The number of ether oxygens (including phenoxy) is 1. The number of aliphatic hydroxyl groups is 1. The fourth-order valence-corrected chi connectivity index (χ4v) is 3.33. The molecule has 2 N–H and O–H groups in total. The number of hydrogen-bond acceptors (Lipinski definition) is 4. The third kappa shape index (κ3) is 4.09.